The summed E-state index contributed by atoms with van der Waals surface area (Å²) in [5.41, 5.74) is 1.62. The summed E-state index contributed by atoms with van der Waals surface area (Å²) < 4.78 is 0. The minimum absolute atomic E-state index is 0.184. The van der Waals surface area contributed by atoms with Crippen LogP contribution in [0.25, 0.3) is 0 Å². The molecule has 2 rings (SSSR count). The van der Waals surface area contributed by atoms with E-state index in [-0.39, 0.29) is 5.91 Å². The molecule has 120 valence electrons. The Hall–Kier alpha value is -2.04. The van der Waals surface area contributed by atoms with Crippen molar-refractivity contribution in [1.82, 2.24) is 4.90 Å². The molecule has 1 N–H and O–H groups in total. The third-order valence-corrected chi connectivity index (χ3v) is 4.16. The van der Waals surface area contributed by atoms with Crippen LogP contribution >= 0.6 is 0 Å². The zero-order chi connectivity index (χ0) is 16.1. The van der Waals surface area contributed by atoms with Gasteiger partial charge in [0.1, 0.15) is 6.04 Å². The first-order valence-electron chi connectivity index (χ1n) is 7.89. The zero-order valence-electron chi connectivity index (χ0n) is 13.3. The van der Waals surface area contributed by atoms with Crippen LogP contribution < -0.4 is 4.90 Å². The number of carbonyl (C=O) groups is 2. The Kier molecular flexibility index (Phi) is 5.41. The summed E-state index contributed by atoms with van der Waals surface area (Å²) in [7, 11) is 2.02. The zero-order valence-corrected chi connectivity index (χ0v) is 13.3. The molecule has 0 radical (unpaired) electrons. The van der Waals surface area contributed by atoms with Gasteiger partial charge in [0, 0.05) is 31.4 Å². The number of carbonyl (C=O) groups excluding carboxylic acids is 1. The van der Waals surface area contributed by atoms with Crippen molar-refractivity contribution in [2.24, 2.45) is 0 Å². The predicted molar refractivity (Wildman–Crippen MR) is 86.3 cm³/mol. The van der Waals surface area contributed by atoms with Gasteiger partial charge in [0.2, 0.25) is 0 Å². The van der Waals surface area contributed by atoms with Gasteiger partial charge < -0.3 is 14.9 Å². The van der Waals surface area contributed by atoms with Crippen LogP contribution in [-0.2, 0) is 4.79 Å². The third kappa shape index (κ3) is 3.59. The van der Waals surface area contributed by atoms with E-state index in [1.165, 1.54) is 4.90 Å². The molecule has 0 aliphatic carbocycles. The Balaban J connectivity index is 2.13. The Labute approximate surface area is 131 Å². The predicted octanol–water partition coefficient (Wildman–Crippen LogP) is 2.61. The van der Waals surface area contributed by atoms with Crippen molar-refractivity contribution in [3.8, 4) is 0 Å². The second kappa shape index (κ2) is 7.29. The number of likely N-dealkylation sites (tertiary alicyclic amines) is 1. The fraction of sp³-hybridized carbons (Fsp3) is 0.529. The summed E-state index contributed by atoms with van der Waals surface area (Å²) in [5.74, 6) is -1.09. The van der Waals surface area contributed by atoms with E-state index in [0.717, 1.165) is 31.5 Å². The number of hydrogen-bond acceptors (Lipinski definition) is 3. The lowest BCUT2D eigenvalue weighted by atomic mass is 10.0. The lowest BCUT2D eigenvalue weighted by molar-refractivity contribution is -0.143. The lowest BCUT2D eigenvalue weighted by Crippen LogP contribution is -2.47. The number of nitrogens with zero attached hydrogens (tertiary/aromatic N) is 2. The molecule has 5 heteroatoms. The molecular weight excluding hydrogens is 280 g/mol. The maximum absolute atomic E-state index is 12.6. The number of benzene rings is 1. The number of rotatable bonds is 5. The summed E-state index contributed by atoms with van der Waals surface area (Å²) >= 11 is 0. The van der Waals surface area contributed by atoms with E-state index in [2.05, 4.69) is 11.8 Å². The molecule has 5 nitrogen and oxygen atoms in total. The van der Waals surface area contributed by atoms with Crippen LogP contribution in [0.15, 0.2) is 24.3 Å². The Morgan fingerprint density at radius 2 is 1.95 bits per heavy atom. The first-order valence-corrected chi connectivity index (χ1v) is 7.89. The second-order valence-corrected chi connectivity index (χ2v) is 5.82. The van der Waals surface area contributed by atoms with Gasteiger partial charge in [0.25, 0.3) is 5.91 Å². The van der Waals surface area contributed by atoms with Crippen LogP contribution in [-0.4, -0.2) is 48.1 Å². The van der Waals surface area contributed by atoms with Crippen LogP contribution in [0.5, 0.6) is 0 Å². The molecule has 1 atom stereocenters. The molecule has 0 bridgehead atoms. The summed E-state index contributed by atoms with van der Waals surface area (Å²) in [4.78, 5) is 27.5. The molecule has 0 spiro atoms. The Morgan fingerprint density at radius 1 is 1.27 bits per heavy atom. The highest BCUT2D eigenvalue weighted by Crippen LogP contribution is 2.21. The first kappa shape index (κ1) is 16.3. The van der Waals surface area contributed by atoms with E-state index in [1.807, 2.05) is 19.2 Å². The van der Waals surface area contributed by atoms with Gasteiger partial charge in [-0.05, 0) is 49.9 Å². The number of amides is 1. The monoisotopic (exact) mass is 304 g/mol. The van der Waals surface area contributed by atoms with Gasteiger partial charge in [-0.3, -0.25) is 4.79 Å². The van der Waals surface area contributed by atoms with Gasteiger partial charge in [-0.2, -0.15) is 0 Å². The van der Waals surface area contributed by atoms with Crippen molar-refractivity contribution in [2.45, 2.75) is 38.6 Å². The molecular formula is C17H24N2O3. The Morgan fingerprint density at radius 3 is 2.55 bits per heavy atom. The van der Waals surface area contributed by atoms with Crippen molar-refractivity contribution in [3.63, 3.8) is 0 Å². The maximum Gasteiger partial charge on any atom is 0.326 e. The topological polar surface area (TPSA) is 60.9 Å². The van der Waals surface area contributed by atoms with Crippen LogP contribution in [0.1, 0.15) is 43.0 Å². The van der Waals surface area contributed by atoms with Gasteiger partial charge in [0.15, 0.2) is 0 Å². The van der Waals surface area contributed by atoms with Crippen LogP contribution in [0.3, 0.4) is 0 Å². The highest BCUT2D eigenvalue weighted by atomic mass is 16.4. The Bertz CT molecular complexity index is 527. The number of anilines is 1. The molecule has 1 amide bonds. The van der Waals surface area contributed by atoms with E-state index < -0.39 is 12.0 Å². The first-order chi connectivity index (χ1) is 10.5. The summed E-state index contributed by atoms with van der Waals surface area (Å²) in [6, 6.07) is 6.73. The molecule has 1 saturated heterocycles. The SMILES string of the molecule is CCCN(C)c1ccc(C(=O)N2CCCCC2C(=O)O)cc1. The van der Waals surface area contributed by atoms with Crippen LogP contribution in [0.4, 0.5) is 5.69 Å². The van der Waals surface area contributed by atoms with Gasteiger partial charge >= 0.3 is 5.97 Å². The minimum Gasteiger partial charge on any atom is -0.480 e. The normalized spacial score (nSPS) is 18.1. The fourth-order valence-electron chi connectivity index (χ4n) is 2.92. The van der Waals surface area contributed by atoms with Crippen molar-refractivity contribution >= 4 is 17.6 Å². The number of hydrogen-bond donors (Lipinski definition) is 1. The number of aliphatic carboxylic acids is 1. The van der Waals surface area contributed by atoms with Crippen molar-refractivity contribution in [1.29, 1.82) is 0 Å². The standard InChI is InChI=1S/C17H24N2O3/c1-3-11-18(2)14-9-7-13(8-10-14)16(20)19-12-5-4-6-15(19)17(21)22/h7-10,15H,3-6,11-12H2,1-2H3,(H,21,22). The van der Waals surface area contributed by atoms with Crippen molar-refractivity contribution < 1.29 is 14.7 Å². The van der Waals surface area contributed by atoms with E-state index in [4.69, 9.17) is 0 Å². The molecule has 0 aromatic heterocycles. The van der Waals surface area contributed by atoms with Gasteiger partial charge in [-0.15, -0.1) is 0 Å². The van der Waals surface area contributed by atoms with E-state index >= 15 is 0 Å². The quantitative estimate of drug-likeness (QED) is 0.908. The van der Waals surface area contributed by atoms with E-state index in [9.17, 15) is 14.7 Å². The summed E-state index contributed by atoms with van der Waals surface area (Å²) in [5, 5.41) is 9.28. The van der Waals surface area contributed by atoms with Gasteiger partial charge in [-0.1, -0.05) is 6.92 Å². The smallest absolute Gasteiger partial charge is 0.326 e. The molecule has 1 aromatic rings. The number of carboxylic acid groups (broad SMARTS) is 1. The highest BCUT2D eigenvalue weighted by molar-refractivity contribution is 5.97. The van der Waals surface area contributed by atoms with Crippen LogP contribution in [0.2, 0.25) is 0 Å². The molecule has 1 aliphatic rings. The molecule has 1 aromatic carbocycles. The average Bonchev–Trinajstić information content (AvgIpc) is 2.54. The summed E-state index contributed by atoms with van der Waals surface area (Å²) in [6.45, 7) is 3.60. The average molecular weight is 304 g/mol. The molecule has 1 aliphatic heterocycles. The molecule has 22 heavy (non-hydrogen) atoms. The van der Waals surface area contributed by atoms with E-state index in [0.29, 0.717) is 18.5 Å². The third-order valence-electron chi connectivity index (χ3n) is 4.16. The largest absolute Gasteiger partial charge is 0.480 e. The lowest BCUT2D eigenvalue weighted by Gasteiger charge is -2.33. The van der Waals surface area contributed by atoms with Crippen molar-refractivity contribution in [3.05, 3.63) is 29.8 Å². The van der Waals surface area contributed by atoms with E-state index in [1.54, 1.807) is 12.1 Å². The minimum atomic E-state index is -0.910. The molecule has 1 heterocycles. The van der Waals surface area contributed by atoms with Crippen molar-refractivity contribution in [2.75, 3.05) is 25.0 Å². The maximum atomic E-state index is 12.6. The molecule has 1 unspecified atom stereocenters. The summed E-state index contributed by atoms with van der Waals surface area (Å²) in [6.07, 6.45) is 3.33. The fourth-order valence-corrected chi connectivity index (χ4v) is 2.92. The number of piperidine rings is 1. The van der Waals surface area contributed by atoms with Gasteiger partial charge in [-0.25, -0.2) is 4.79 Å². The molecule has 0 saturated carbocycles. The van der Waals surface area contributed by atoms with Gasteiger partial charge in [0.05, 0.1) is 0 Å². The highest BCUT2D eigenvalue weighted by Gasteiger charge is 2.32. The van der Waals surface area contributed by atoms with Crippen LogP contribution in [0, 0.1) is 0 Å². The number of carboxylic acids is 1. The molecule has 1 fully saturated rings. The second-order valence-electron chi connectivity index (χ2n) is 5.82.